The molecule has 3 aromatic rings. The largest absolute Gasteiger partial charge is 0.368 e. The molecule has 8 nitrogen and oxygen atoms in total. The van der Waals surface area contributed by atoms with Crippen LogP contribution in [0.25, 0.3) is 0 Å². The monoisotopic (exact) mass is 557 g/mol. The van der Waals surface area contributed by atoms with Gasteiger partial charge < -0.3 is 14.7 Å². The Morgan fingerprint density at radius 2 is 1.76 bits per heavy atom. The maximum absolute atomic E-state index is 13.4. The molecule has 1 aromatic heterocycles. The van der Waals surface area contributed by atoms with Crippen LogP contribution in [0, 0.1) is 5.82 Å². The van der Waals surface area contributed by atoms with E-state index in [1.165, 1.54) is 23.8 Å². The van der Waals surface area contributed by atoms with Crippen LogP contribution >= 0.6 is 11.6 Å². The third kappa shape index (κ3) is 5.56. The molecular formula is C27H29ClFN5O3S. The van der Waals surface area contributed by atoms with Crippen LogP contribution in [-0.4, -0.2) is 63.0 Å². The van der Waals surface area contributed by atoms with Crippen LogP contribution < -0.4 is 14.5 Å². The molecule has 1 N–H and O–H groups in total. The second-order valence-electron chi connectivity index (χ2n) is 9.52. The number of nitrogens with zero attached hydrogens (tertiary/aromatic N) is 4. The molecule has 5 rings (SSSR count). The molecule has 1 amide bonds. The molecule has 0 unspecified atom stereocenters. The van der Waals surface area contributed by atoms with E-state index in [9.17, 15) is 17.6 Å². The topological polar surface area (TPSA) is 85.8 Å². The van der Waals surface area contributed by atoms with Gasteiger partial charge in [0.15, 0.2) is 0 Å². The number of benzene rings is 2. The zero-order chi connectivity index (χ0) is 26.9. The highest BCUT2D eigenvalue weighted by Crippen LogP contribution is 2.31. The van der Waals surface area contributed by atoms with Crippen molar-refractivity contribution in [2.75, 3.05) is 47.2 Å². The minimum Gasteiger partial charge on any atom is -0.368 e. The number of carbonyl (C=O) groups excluding carboxylic acids is 1. The quantitative estimate of drug-likeness (QED) is 0.490. The van der Waals surface area contributed by atoms with Crippen molar-refractivity contribution < 1.29 is 17.6 Å². The van der Waals surface area contributed by atoms with E-state index in [1.807, 2.05) is 30.0 Å². The van der Waals surface area contributed by atoms with Gasteiger partial charge in [-0.15, -0.1) is 0 Å². The summed E-state index contributed by atoms with van der Waals surface area (Å²) in [5.74, 6) is -0.396. The van der Waals surface area contributed by atoms with Gasteiger partial charge in [-0.05, 0) is 79.9 Å². The molecule has 1 fully saturated rings. The lowest BCUT2D eigenvalue weighted by molar-refractivity contribution is -0.132. The van der Waals surface area contributed by atoms with Gasteiger partial charge in [0.25, 0.3) is 10.0 Å². The van der Waals surface area contributed by atoms with Gasteiger partial charge in [-0.1, -0.05) is 11.6 Å². The summed E-state index contributed by atoms with van der Waals surface area (Å²) in [7, 11) is -3.86. The van der Waals surface area contributed by atoms with Crippen molar-refractivity contribution >= 4 is 44.7 Å². The Labute approximate surface area is 227 Å². The van der Waals surface area contributed by atoms with E-state index >= 15 is 0 Å². The zero-order valence-electron chi connectivity index (χ0n) is 21.0. The second kappa shape index (κ2) is 10.8. The highest BCUT2D eigenvalue weighted by atomic mass is 35.5. The Hall–Kier alpha value is -3.37. The molecule has 0 saturated carbocycles. The molecule has 0 radical (unpaired) electrons. The lowest BCUT2D eigenvalue weighted by Gasteiger charge is -2.41. The summed E-state index contributed by atoms with van der Waals surface area (Å²) in [5, 5.41) is 0.715. The van der Waals surface area contributed by atoms with Crippen molar-refractivity contribution in [2.24, 2.45) is 0 Å². The summed E-state index contributed by atoms with van der Waals surface area (Å²) in [6.45, 7) is 5.27. The fourth-order valence-electron chi connectivity index (χ4n) is 5.05. The number of piperazine rings is 1. The third-order valence-electron chi connectivity index (χ3n) is 7.09. The van der Waals surface area contributed by atoms with Crippen LogP contribution in [0.2, 0.25) is 5.02 Å². The van der Waals surface area contributed by atoms with Gasteiger partial charge in [0.05, 0.1) is 11.1 Å². The fourth-order valence-corrected chi connectivity index (χ4v) is 6.25. The minimum atomic E-state index is -3.86. The number of amides is 1. The number of carbonyl (C=O) groups is 1. The van der Waals surface area contributed by atoms with E-state index in [0.29, 0.717) is 31.2 Å². The van der Waals surface area contributed by atoms with Crippen molar-refractivity contribution in [2.45, 2.75) is 30.7 Å². The molecule has 2 aromatic carbocycles. The number of nitrogens with one attached hydrogen (secondary N) is 1. The molecule has 2 aliphatic heterocycles. The molecule has 1 atom stereocenters. The van der Waals surface area contributed by atoms with Gasteiger partial charge in [-0.3, -0.25) is 9.52 Å². The van der Waals surface area contributed by atoms with E-state index in [2.05, 4.69) is 19.5 Å². The molecule has 200 valence electrons. The molecular weight excluding hydrogens is 529 g/mol. The molecule has 1 saturated heterocycles. The van der Waals surface area contributed by atoms with Crippen LogP contribution in [-0.2, 0) is 21.2 Å². The molecule has 11 heteroatoms. The zero-order valence-corrected chi connectivity index (χ0v) is 22.6. The Balaban J connectivity index is 1.19. The number of halogens is 2. The fraction of sp³-hybridized carbons (Fsp3) is 0.333. The average molecular weight is 558 g/mol. The lowest BCUT2D eigenvalue weighted by Crippen LogP contribution is -2.55. The van der Waals surface area contributed by atoms with Crippen molar-refractivity contribution in [1.82, 2.24) is 9.88 Å². The van der Waals surface area contributed by atoms with Gasteiger partial charge in [-0.25, -0.2) is 17.8 Å². The summed E-state index contributed by atoms with van der Waals surface area (Å²) in [4.78, 5) is 23.4. The molecule has 3 heterocycles. The number of aryl methyl sites for hydroxylation is 1. The van der Waals surface area contributed by atoms with Crippen LogP contribution in [0.15, 0.2) is 65.7 Å². The van der Waals surface area contributed by atoms with Crippen molar-refractivity contribution in [3.8, 4) is 0 Å². The second-order valence-corrected chi connectivity index (χ2v) is 11.6. The van der Waals surface area contributed by atoms with Crippen molar-refractivity contribution in [3.05, 3.63) is 77.2 Å². The molecule has 0 spiro atoms. The lowest BCUT2D eigenvalue weighted by atomic mass is 10.00. The summed E-state index contributed by atoms with van der Waals surface area (Å²) < 4.78 is 40.7. The van der Waals surface area contributed by atoms with E-state index in [4.69, 9.17) is 11.6 Å². The number of fused-ring (bicyclic) bond motifs is 1. The van der Waals surface area contributed by atoms with E-state index in [1.54, 1.807) is 12.1 Å². The first-order valence-electron chi connectivity index (χ1n) is 12.5. The molecule has 38 heavy (non-hydrogen) atoms. The Bertz CT molecular complexity index is 1410. The highest BCUT2D eigenvalue weighted by Gasteiger charge is 2.31. The number of hydrogen-bond acceptors (Lipinski definition) is 6. The average Bonchev–Trinajstić information content (AvgIpc) is 2.93. The van der Waals surface area contributed by atoms with Crippen molar-refractivity contribution in [3.63, 3.8) is 0 Å². The first kappa shape index (κ1) is 26.2. The standard InChI is InChI=1S/C27H29ClFN5O3S/c1-19(34-12-2-3-20-17-21(28)4-10-25(20)34)27(35)33-15-13-32(14-16-33)23-6-8-24(9-7-23)38(36,37)31-26-11-5-22(29)18-30-26/h4-11,17-19H,2-3,12-16H2,1H3,(H,30,31)/t19-/m0/s1. The number of rotatable bonds is 6. The predicted molar refractivity (Wildman–Crippen MR) is 147 cm³/mol. The summed E-state index contributed by atoms with van der Waals surface area (Å²) in [5.41, 5.74) is 3.15. The first-order chi connectivity index (χ1) is 18.2. The number of anilines is 3. The van der Waals surface area contributed by atoms with E-state index in [-0.39, 0.29) is 22.7 Å². The Morgan fingerprint density at radius 1 is 1.03 bits per heavy atom. The maximum Gasteiger partial charge on any atom is 0.263 e. The van der Waals surface area contributed by atoms with Gasteiger partial charge in [0, 0.05) is 49.1 Å². The Morgan fingerprint density at radius 3 is 2.45 bits per heavy atom. The molecule has 0 bridgehead atoms. The molecule has 0 aliphatic carbocycles. The summed E-state index contributed by atoms with van der Waals surface area (Å²) in [6, 6.07) is 14.6. The number of hydrogen-bond donors (Lipinski definition) is 1. The van der Waals surface area contributed by atoms with Gasteiger partial charge >= 0.3 is 0 Å². The van der Waals surface area contributed by atoms with Gasteiger partial charge in [0.1, 0.15) is 17.7 Å². The molecule has 2 aliphatic rings. The summed E-state index contributed by atoms with van der Waals surface area (Å²) in [6.07, 6.45) is 2.90. The highest BCUT2D eigenvalue weighted by molar-refractivity contribution is 7.92. The SMILES string of the molecule is C[C@@H](C(=O)N1CCN(c2ccc(S(=O)(=O)Nc3ccc(F)cn3)cc2)CC1)N1CCCc2cc(Cl)ccc21. The van der Waals surface area contributed by atoms with Gasteiger partial charge in [0.2, 0.25) is 5.91 Å². The third-order valence-corrected chi connectivity index (χ3v) is 8.70. The Kier molecular flexibility index (Phi) is 7.45. The predicted octanol–water partition coefficient (Wildman–Crippen LogP) is 4.16. The number of pyridine rings is 1. The maximum atomic E-state index is 13.4. The van der Waals surface area contributed by atoms with Gasteiger partial charge in [-0.2, -0.15) is 0 Å². The van der Waals surface area contributed by atoms with E-state index < -0.39 is 15.8 Å². The van der Waals surface area contributed by atoms with Crippen LogP contribution in [0.1, 0.15) is 18.9 Å². The van der Waals surface area contributed by atoms with Crippen molar-refractivity contribution in [1.29, 1.82) is 0 Å². The van der Waals surface area contributed by atoms with Crippen LogP contribution in [0.4, 0.5) is 21.6 Å². The smallest absolute Gasteiger partial charge is 0.263 e. The van der Waals surface area contributed by atoms with E-state index in [0.717, 1.165) is 43.0 Å². The minimum absolute atomic E-state index is 0.0438. The summed E-state index contributed by atoms with van der Waals surface area (Å²) >= 11 is 6.18. The van der Waals surface area contributed by atoms with Crippen LogP contribution in [0.5, 0.6) is 0 Å². The first-order valence-corrected chi connectivity index (χ1v) is 14.4. The van der Waals surface area contributed by atoms with Crippen LogP contribution in [0.3, 0.4) is 0 Å². The normalized spacial score (nSPS) is 16.7. The number of aromatic nitrogens is 1. The number of sulfonamides is 1.